The summed E-state index contributed by atoms with van der Waals surface area (Å²) in [5.41, 5.74) is 3.89. The van der Waals surface area contributed by atoms with Crippen LogP contribution in [-0.4, -0.2) is 36.4 Å². The van der Waals surface area contributed by atoms with Crippen molar-refractivity contribution < 1.29 is 14.2 Å². The molecule has 0 saturated carbocycles. The van der Waals surface area contributed by atoms with E-state index in [0.29, 0.717) is 19.8 Å². The van der Waals surface area contributed by atoms with Gasteiger partial charge < -0.3 is 9.84 Å². The number of ether oxygens (including phenoxy) is 1. The molecule has 0 bridgehead atoms. The van der Waals surface area contributed by atoms with Gasteiger partial charge in [-0.15, -0.1) is 0 Å². The van der Waals surface area contributed by atoms with Gasteiger partial charge >= 0.3 is 0 Å². The van der Waals surface area contributed by atoms with Gasteiger partial charge in [0.15, 0.2) is 0 Å². The topological polar surface area (TPSA) is 44.7 Å². The van der Waals surface area contributed by atoms with Crippen molar-refractivity contribution in [3.05, 3.63) is 29.6 Å². The van der Waals surface area contributed by atoms with Crippen molar-refractivity contribution in [1.82, 2.24) is 10.4 Å². The summed E-state index contributed by atoms with van der Waals surface area (Å²) in [5, 5.41) is 11.3. The van der Waals surface area contributed by atoms with E-state index in [1.165, 1.54) is 6.07 Å². The van der Waals surface area contributed by atoms with Gasteiger partial charge in [0.25, 0.3) is 0 Å². The van der Waals surface area contributed by atoms with Crippen LogP contribution in [0.25, 0.3) is 0 Å². The maximum absolute atomic E-state index is 13.0. The molecule has 0 aliphatic carbocycles. The lowest BCUT2D eigenvalue weighted by molar-refractivity contribution is 0.0105. The van der Waals surface area contributed by atoms with Crippen LogP contribution in [0, 0.1) is 5.82 Å². The highest BCUT2D eigenvalue weighted by molar-refractivity contribution is 5.28. The highest BCUT2D eigenvalue weighted by atomic mass is 19.1. The highest BCUT2D eigenvalue weighted by Crippen LogP contribution is 2.14. The minimum Gasteiger partial charge on any atom is -0.508 e. The zero-order chi connectivity index (χ0) is 11.4. The Morgan fingerprint density at radius 1 is 1.31 bits per heavy atom. The number of halogens is 1. The molecule has 16 heavy (non-hydrogen) atoms. The van der Waals surface area contributed by atoms with E-state index in [0.717, 1.165) is 24.7 Å². The Kier molecular flexibility index (Phi) is 3.71. The van der Waals surface area contributed by atoms with Crippen LogP contribution >= 0.6 is 0 Å². The molecule has 4 nitrogen and oxygen atoms in total. The standard InChI is InChI=1S/C11H15FN2O2/c12-10-5-9(6-11(15)7-10)8-13-14-1-3-16-4-2-14/h5-7,13,15H,1-4,8H2. The van der Waals surface area contributed by atoms with E-state index in [1.807, 2.05) is 5.01 Å². The number of hydrogen-bond acceptors (Lipinski definition) is 4. The number of morpholine rings is 1. The third-order valence-electron chi connectivity index (χ3n) is 2.46. The van der Waals surface area contributed by atoms with Gasteiger partial charge in [-0.05, 0) is 17.7 Å². The number of rotatable bonds is 3. The number of nitrogens with zero attached hydrogens (tertiary/aromatic N) is 1. The molecule has 1 heterocycles. The van der Waals surface area contributed by atoms with Crippen LogP contribution in [0.2, 0.25) is 0 Å². The van der Waals surface area contributed by atoms with Crippen LogP contribution in [-0.2, 0) is 11.3 Å². The third-order valence-corrected chi connectivity index (χ3v) is 2.46. The van der Waals surface area contributed by atoms with E-state index in [9.17, 15) is 9.50 Å². The molecule has 0 spiro atoms. The smallest absolute Gasteiger partial charge is 0.127 e. The van der Waals surface area contributed by atoms with Gasteiger partial charge in [-0.25, -0.2) is 9.40 Å². The summed E-state index contributed by atoms with van der Waals surface area (Å²) in [6, 6.07) is 4.06. The van der Waals surface area contributed by atoms with Gasteiger partial charge in [-0.2, -0.15) is 0 Å². The fraction of sp³-hybridized carbons (Fsp3) is 0.455. The molecular weight excluding hydrogens is 211 g/mol. The molecule has 88 valence electrons. The lowest BCUT2D eigenvalue weighted by Crippen LogP contribution is -2.45. The molecule has 1 aliphatic rings. The average molecular weight is 226 g/mol. The summed E-state index contributed by atoms with van der Waals surface area (Å²) in [6.07, 6.45) is 0. The first-order valence-corrected chi connectivity index (χ1v) is 5.29. The molecule has 1 fully saturated rings. The first-order valence-electron chi connectivity index (χ1n) is 5.29. The van der Waals surface area contributed by atoms with Crippen molar-refractivity contribution in [2.24, 2.45) is 0 Å². The summed E-state index contributed by atoms with van der Waals surface area (Å²) in [6.45, 7) is 3.57. The molecule has 1 saturated heterocycles. The number of hydrogen-bond donors (Lipinski definition) is 2. The normalized spacial score (nSPS) is 17.6. The van der Waals surface area contributed by atoms with E-state index in [-0.39, 0.29) is 5.75 Å². The summed E-state index contributed by atoms with van der Waals surface area (Å²) < 4.78 is 18.2. The Morgan fingerprint density at radius 2 is 2.06 bits per heavy atom. The minimum absolute atomic E-state index is 0.0428. The second-order valence-electron chi connectivity index (χ2n) is 3.75. The molecule has 5 heteroatoms. The monoisotopic (exact) mass is 226 g/mol. The molecule has 1 aliphatic heterocycles. The van der Waals surface area contributed by atoms with Crippen molar-refractivity contribution in [2.75, 3.05) is 26.3 Å². The van der Waals surface area contributed by atoms with E-state index in [2.05, 4.69) is 5.43 Å². The number of hydrazine groups is 1. The Bertz CT molecular complexity index is 334. The molecular formula is C11H15FN2O2. The van der Waals surface area contributed by atoms with Crippen molar-refractivity contribution in [1.29, 1.82) is 0 Å². The molecule has 0 atom stereocenters. The maximum Gasteiger partial charge on any atom is 0.127 e. The summed E-state index contributed by atoms with van der Waals surface area (Å²) in [7, 11) is 0. The quantitative estimate of drug-likeness (QED) is 0.802. The predicted octanol–water partition coefficient (Wildman–Crippen LogP) is 0.868. The van der Waals surface area contributed by atoms with Crippen molar-refractivity contribution >= 4 is 0 Å². The molecule has 2 N–H and O–H groups in total. The highest BCUT2D eigenvalue weighted by Gasteiger charge is 2.09. The lowest BCUT2D eigenvalue weighted by atomic mass is 10.2. The molecule has 0 amide bonds. The van der Waals surface area contributed by atoms with E-state index in [4.69, 9.17) is 4.74 Å². The van der Waals surface area contributed by atoms with Crippen LogP contribution < -0.4 is 5.43 Å². The number of benzene rings is 1. The van der Waals surface area contributed by atoms with Gasteiger partial charge in [-0.1, -0.05) is 0 Å². The van der Waals surface area contributed by atoms with Gasteiger partial charge in [0.2, 0.25) is 0 Å². The number of phenols is 1. The van der Waals surface area contributed by atoms with Crippen LogP contribution in [0.5, 0.6) is 5.75 Å². The van der Waals surface area contributed by atoms with Crippen LogP contribution in [0.1, 0.15) is 5.56 Å². The minimum atomic E-state index is -0.418. The van der Waals surface area contributed by atoms with E-state index < -0.39 is 5.82 Å². The van der Waals surface area contributed by atoms with Crippen molar-refractivity contribution in [3.8, 4) is 5.75 Å². The maximum atomic E-state index is 13.0. The second kappa shape index (κ2) is 5.25. The fourth-order valence-electron chi connectivity index (χ4n) is 1.66. The first kappa shape index (κ1) is 11.3. The van der Waals surface area contributed by atoms with Crippen molar-refractivity contribution in [3.63, 3.8) is 0 Å². The molecule has 1 aromatic rings. The Hall–Kier alpha value is -1.17. The Balaban J connectivity index is 1.88. The SMILES string of the molecule is Oc1cc(F)cc(CNN2CCOCC2)c1. The van der Waals surface area contributed by atoms with Crippen molar-refractivity contribution in [2.45, 2.75) is 6.54 Å². The van der Waals surface area contributed by atoms with Crippen LogP contribution in [0.15, 0.2) is 18.2 Å². The first-order chi connectivity index (χ1) is 7.74. The zero-order valence-corrected chi connectivity index (χ0v) is 8.95. The molecule has 0 radical (unpaired) electrons. The number of nitrogens with one attached hydrogen (secondary N) is 1. The zero-order valence-electron chi connectivity index (χ0n) is 8.95. The van der Waals surface area contributed by atoms with Gasteiger partial charge in [0.05, 0.1) is 13.2 Å². The third kappa shape index (κ3) is 3.16. The van der Waals surface area contributed by atoms with Gasteiger partial charge in [-0.3, -0.25) is 5.43 Å². The number of aromatic hydroxyl groups is 1. The fourth-order valence-corrected chi connectivity index (χ4v) is 1.66. The Labute approximate surface area is 93.6 Å². The summed E-state index contributed by atoms with van der Waals surface area (Å²) in [5.74, 6) is -0.461. The Morgan fingerprint density at radius 3 is 2.75 bits per heavy atom. The summed E-state index contributed by atoms with van der Waals surface area (Å²) >= 11 is 0. The molecule has 1 aromatic carbocycles. The summed E-state index contributed by atoms with van der Waals surface area (Å²) in [4.78, 5) is 0. The van der Waals surface area contributed by atoms with Crippen LogP contribution in [0.3, 0.4) is 0 Å². The van der Waals surface area contributed by atoms with E-state index in [1.54, 1.807) is 6.07 Å². The average Bonchev–Trinajstić information content (AvgIpc) is 2.27. The predicted molar refractivity (Wildman–Crippen MR) is 57.3 cm³/mol. The number of phenolic OH excluding ortho intramolecular Hbond substituents is 1. The lowest BCUT2D eigenvalue weighted by Gasteiger charge is -2.27. The second-order valence-corrected chi connectivity index (χ2v) is 3.75. The largest absolute Gasteiger partial charge is 0.508 e. The molecule has 0 unspecified atom stereocenters. The van der Waals surface area contributed by atoms with Gasteiger partial charge in [0, 0.05) is 25.7 Å². The van der Waals surface area contributed by atoms with Crippen LogP contribution in [0.4, 0.5) is 4.39 Å². The van der Waals surface area contributed by atoms with Gasteiger partial charge in [0.1, 0.15) is 11.6 Å². The molecule has 2 rings (SSSR count). The molecule has 0 aromatic heterocycles. The van der Waals surface area contributed by atoms with E-state index >= 15 is 0 Å².